The van der Waals surface area contributed by atoms with E-state index in [1.54, 1.807) is 0 Å². The number of carbonyl (C=O) groups is 1. The first-order valence-corrected chi connectivity index (χ1v) is 3.52. The van der Waals surface area contributed by atoms with E-state index in [-0.39, 0.29) is 9.64 Å². The first-order valence-electron chi connectivity index (χ1n) is 1.69. The van der Waals surface area contributed by atoms with Crippen LogP contribution in [0.5, 0.6) is 0 Å². The smallest absolute Gasteiger partial charge is 0.219 e. The van der Waals surface area contributed by atoms with Gasteiger partial charge in [0.15, 0.2) is 0 Å². The number of hydrogen-bond acceptors (Lipinski definition) is 1. The van der Waals surface area contributed by atoms with Crippen molar-refractivity contribution in [1.82, 2.24) is 0 Å². The summed E-state index contributed by atoms with van der Waals surface area (Å²) in [5.41, 5.74) is 4.79. The first kappa shape index (κ1) is 7.43. The molecule has 4 heteroatoms. The number of halogens is 2. The second-order valence-corrected chi connectivity index (χ2v) is 4.50. The van der Waals surface area contributed by atoms with Crippen LogP contribution in [-0.4, -0.2) is 9.64 Å². The Morgan fingerprint density at radius 3 is 2.14 bits per heavy atom. The highest BCUT2D eigenvalue weighted by molar-refractivity contribution is 9.24. The topological polar surface area (TPSA) is 43.1 Å². The Morgan fingerprint density at radius 2 is 2.14 bits per heavy atom. The molecule has 0 aromatic rings. The molecule has 0 aliphatic heterocycles. The van der Waals surface area contributed by atoms with E-state index in [2.05, 4.69) is 31.9 Å². The SMILES string of the molecule is NC(=O)CC(Br)Br. The van der Waals surface area contributed by atoms with Gasteiger partial charge in [-0.1, -0.05) is 31.9 Å². The molecule has 0 bridgehead atoms. The fraction of sp³-hybridized carbons (Fsp3) is 0.667. The predicted octanol–water partition coefficient (Wildman–Crippen LogP) is 0.978. The summed E-state index contributed by atoms with van der Waals surface area (Å²) in [4.78, 5) is 9.97. The number of carbonyl (C=O) groups excluding carboxylic acids is 1. The summed E-state index contributed by atoms with van der Waals surface area (Å²) in [5.74, 6) is -0.307. The van der Waals surface area contributed by atoms with Crippen molar-refractivity contribution in [3.8, 4) is 0 Å². The summed E-state index contributed by atoms with van der Waals surface area (Å²) in [5, 5.41) is 0. The minimum atomic E-state index is -0.307. The summed E-state index contributed by atoms with van der Waals surface area (Å²) < 4.78 is 0.0255. The molecule has 0 spiro atoms. The maximum Gasteiger partial charge on any atom is 0.219 e. The Morgan fingerprint density at radius 1 is 1.71 bits per heavy atom. The second-order valence-electron chi connectivity index (χ2n) is 1.06. The molecule has 0 saturated heterocycles. The lowest BCUT2D eigenvalue weighted by molar-refractivity contribution is -0.117. The van der Waals surface area contributed by atoms with E-state index < -0.39 is 0 Å². The number of amides is 1. The lowest BCUT2D eigenvalue weighted by Crippen LogP contribution is -2.12. The Hall–Kier alpha value is 0.430. The van der Waals surface area contributed by atoms with Gasteiger partial charge in [0.2, 0.25) is 5.91 Å². The predicted molar refractivity (Wildman–Crippen MR) is 35.5 cm³/mol. The van der Waals surface area contributed by atoms with Crippen molar-refractivity contribution in [1.29, 1.82) is 0 Å². The minimum Gasteiger partial charge on any atom is -0.370 e. The van der Waals surface area contributed by atoms with E-state index in [1.807, 2.05) is 0 Å². The number of alkyl halides is 2. The van der Waals surface area contributed by atoms with Gasteiger partial charge in [0, 0.05) is 6.42 Å². The number of rotatable bonds is 2. The number of primary amides is 1. The van der Waals surface area contributed by atoms with Crippen molar-refractivity contribution in [3.63, 3.8) is 0 Å². The monoisotopic (exact) mass is 229 g/mol. The zero-order chi connectivity index (χ0) is 5.86. The molecule has 0 saturated carbocycles. The van der Waals surface area contributed by atoms with Crippen molar-refractivity contribution in [2.45, 2.75) is 10.2 Å². The highest BCUT2D eigenvalue weighted by Crippen LogP contribution is 2.10. The molecule has 0 aliphatic rings. The standard InChI is InChI=1S/C3H5Br2NO/c4-2(5)1-3(6)7/h2H,1H2,(H2,6,7). The highest BCUT2D eigenvalue weighted by atomic mass is 79.9. The van der Waals surface area contributed by atoms with Gasteiger partial charge in [0.1, 0.15) is 0 Å². The Balaban J connectivity index is 3.13. The fourth-order valence-electron chi connectivity index (χ4n) is 0.152. The van der Waals surface area contributed by atoms with Crippen LogP contribution in [-0.2, 0) is 4.79 Å². The van der Waals surface area contributed by atoms with Crippen LogP contribution in [0, 0.1) is 0 Å². The van der Waals surface area contributed by atoms with E-state index in [0.29, 0.717) is 6.42 Å². The molecule has 0 heterocycles. The highest BCUT2D eigenvalue weighted by Gasteiger charge is 1.99. The Bertz CT molecular complexity index is 73.3. The minimum absolute atomic E-state index is 0.0255. The van der Waals surface area contributed by atoms with Crippen LogP contribution >= 0.6 is 31.9 Å². The maximum absolute atomic E-state index is 9.97. The molecular weight excluding hydrogens is 226 g/mol. The van der Waals surface area contributed by atoms with Crippen molar-refractivity contribution in [2.75, 3.05) is 0 Å². The van der Waals surface area contributed by atoms with Crippen LogP contribution in [0.3, 0.4) is 0 Å². The van der Waals surface area contributed by atoms with E-state index in [1.165, 1.54) is 0 Å². The molecule has 1 amide bonds. The van der Waals surface area contributed by atoms with Crippen molar-refractivity contribution < 1.29 is 4.79 Å². The molecular formula is C3H5Br2NO. The number of nitrogens with two attached hydrogens (primary N) is 1. The zero-order valence-corrected chi connectivity index (χ0v) is 6.70. The zero-order valence-electron chi connectivity index (χ0n) is 3.53. The van der Waals surface area contributed by atoms with Gasteiger partial charge in [0.25, 0.3) is 0 Å². The van der Waals surface area contributed by atoms with Gasteiger partial charge in [-0.05, 0) is 0 Å². The van der Waals surface area contributed by atoms with Crippen LogP contribution in [0.15, 0.2) is 0 Å². The Labute approximate surface area is 58.7 Å². The Kier molecular flexibility index (Phi) is 3.65. The summed E-state index contributed by atoms with van der Waals surface area (Å²) >= 11 is 6.18. The molecule has 0 fully saturated rings. The van der Waals surface area contributed by atoms with Crippen LogP contribution in [0.25, 0.3) is 0 Å². The summed E-state index contributed by atoms with van der Waals surface area (Å²) in [6, 6.07) is 0. The fourth-order valence-corrected chi connectivity index (χ4v) is 0.790. The second kappa shape index (κ2) is 3.43. The molecule has 7 heavy (non-hydrogen) atoms. The molecule has 0 rings (SSSR count). The van der Waals surface area contributed by atoms with Gasteiger partial charge in [0.05, 0.1) is 3.74 Å². The van der Waals surface area contributed by atoms with Gasteiger partial charge in [-0.25, -0.2) is 0 Å². The van der Waals surface area contributed by atoms with Crippen LogP contribution in [0.1, 0.15) is 6.42 Å². The molecule has 2 nitrogen and oxygen atoms in total. The van der Waals surface area contributed by atoms with Gasteiger partial charge in [-0.3, -0.25) is 4.79 Å². The molecule has 0 atom stereocenters. The molecule has 0 aromatic heterocycles. The van der Waals surface area contributed by atoms with Gasteiger partial charge in [-0.2, -0.15) is 0 Å². The quantitative estimate of drug-likeness (QED) is 0.707. The summed E-state index contributed by atoms with van der Waals surface area (Å²) in [7, 11) is 0. The normalized spacial score (nSPS) is 9.57. The summed E-state index contributed by atoms with van der Waals surface area (Å²) in [6.07, 6.45) is 0.333. The molecule has 0 aliphatic carbocycles. The molecule has 0 unspecified atom stereocenters. The van der Waals surface area contributed by atoms with E-state index in [0.717, 1.165) is 0 Å². The van der Waals surface area contributed by atoms with Crippen LogP contribution in [0.4, 0.5) is 0 Å². The van der Waals surface area contributed by atoms with Crippen molar-refractivity contribution in [2.24, 2.45) is 5.73 Å². The third-order valence-electron chi connectivity index (χ3n) is 0.355. The average Bonchev–Trinajstić information content (AvgIpc) is 1.27. The van der Waals surface area contributed by atoms with Gasteiger partial charge < -0.3 is 5.73 Å². The third kappa shape index (κ3) is 6.43. The van der Waals surface area contributed by atoms with Crippen LogP contribution < -0.4 is 5.73 Å². The average molecular weight is 231 g/mol. The third-order valence-corrected chi connectivity index (χ3v) is 1.00. The lowest BCUT2D eigenvalue weighted by atomic mass is 10.5. The van der Waals surface area contributed by atoms with Crippen molar-refractivity contribution >= 4 is 37.8 Å². The van der Waals surface area contributed by atoms with Crippen LogP contribution in [0.2, 0.25) is 0 Å². The van der Waals surface area contributed by atoms with E-state index in [9.17, 15) is 4.79 Å². The molecule has 42 valence electrons. The number of hydrogen-bond donors (Lipinski definition) is 1. The van der Waals surface area contributed by atoms with Gasteiger partial charge >= 0.3 is 0 Å². The maximum atomic E-state index is 9.97. The summed E-state index contributed by atoms with van der Waals surface area (Å²) in [6.45, 7) is 0. The lowest BCUT2D eigenvalue weighted by Gasteiger charge is -1.91. The molecule has 0 aromatic carbocycles. The largest absolute Gasteiger partial charge is 0.370 e. The molecule has 2 N–H and O–H groups in total. The van der Waals surface area contributed by atoms with E-state index >= 15 is 0 Å². The van der Waals surface area contributed by atoms with E-state index in [4.69, 9.17) is 5.73 Å². The van der Waals surface area contributed by atoms with Gasteiger partial charge in [-0.15, -0.1) is 0 Å². The van der Waals surface area contributed by atoms with Crippen molar-refractivity contribution in [3.05, 3.63) is 0 Å². The first-order chi connectivity index (χ1) is 3.13. The molecule has 0 radical (unpaired) electrons.